The lowest BCUT2D eigenvalue weighted by atomic mass is 10.2. The zero-order valence-electron chi connectivity index (χ0n) is 14.9. The van der Waals surface area contributed by atoms with Gasteiger partial charge in [-0.2, -0.15) is 5.10 Å². The van der Waals surface area contributed by atoms with Gasteiger partial charge in [0.25, 0.3) is 5.91 Å². The number of hydrogen-bond donors (Lipinski definition) is 0. The van der Waals surface area contributed by atoms with Gasteiger partial charge in [-0.3, -0.25) is 9.48 Å². The molecule has 0 N–H and O–H groups in total. The number of likely N-dealkylation sites (tertiary alicyclic amines) is 1. The highest BCUT2D eigenvalue weighted by atomic mass is 16.2. The van der Waals surface area contributed by atoms with Crippen LogP contribution in [0.5, 0.6) is 0 Å². The van der Waals surface area contributed by atoms with Crippen molar-refractivity contribution >= 4 is 11.6 Å². The Bertz CT molecular complexity index is 939. The third-order valence-corrected chi connectivity index (χ3v) is 5.04. The van der Waals surface area contributed by atoms with E-state index in [1.54, 1.807) is 0 Å². The summed E-state index contributed by atoms with van der Waals surface area (Å²) < 4.78 is 3.98. The quantitative estimate of drug-likeness (QED) is 0.738. The van der Waals surface area contributed by atoms with E-state index in [9.17, 15) is 4.79 Å². The Morgan fingerprint density at radius 3 is 2.80 bits per heavy atom. The highest BCUT2D eigenvalue weighted by Gasteiger charge is 2.31. The molecule has 1 amide bonds. The summed E-state index contributed by atoms with van der Waals surface area (Å²) in [4.78, 5) is 19.5. The largest absolute Gasteiger partial charge is 0.332 e. The Labute approximate surface area is 147 Å². The van der Waals surface area contributed by atoms with Crippen LogP contribution < -0.4 is 0 Å². The first-order chi connectivity index (χ1) is 12.0. The van der Waals surface area contributed by atoms with Crippen LogP contribution in [0, 0.1) is 20.8 Å². The first-order valence-electron chi connectivity index (χ1n) is 8.79. The van der Waals surface area contributed by atoms with Gasteiger partial charge in [0.1, 0.15) is 11.3 Å². The van der Waals surface area contributed by atoms with E-state index >= 15 is 0 Å². The number of nitrogens with zero attached hydrogens (tertiary/aromatic N) is 5. The topological polar surface area (TPSA) is 55.4 Å². The van der Waals surface area contributed by atoms with E-state index in [0.29, 0.717) is 5.69 Å². The first-order valence-corrected chi connectivity index (χ1v) is 8.79. The van der Waals surface area contributed by atoms with Crippen LogP contribution in [0.4, 0.5) is 0 Å². The van der Waals surface area contributed by atoms with Crippen LogP contribution in [0.15, 0.2) is 30.5 Å². The van der Waals surface area contributed by atoms with Crippen molar-refractivity contribution in [2.45, 2.75) is 46.2 Å². The fraction of sp³-hybridized carbons (Fsp3) is 0.421. The van der Waals surface area contributed by atoms with Crippen molar-refractivity contribution in [2.75, 3.05) is 6.54 Å². The molecular formula is C19H23N5O. The highest BCUT2D eigenvalue weighted by Crippen LogP contribution is 2.22. The van der Waals surface area contributed by atoms with Gasteiger partial charge in [0.15, 0.2) is 0 Å². The van der Waals surface area contributed by atoms with Gasteiger partial charge in [-0.15, -0.1) is 0 Å². The zero-order chi connectivity index (χ0) is 17.6. The van der Waals surface area contributed by atoms with Gasteiger partial charge >= 0.3 is 0 Å². The molecule has 6 nitrogen and oxygen atoms in total. The minimum Gasteiger partial charge on any atom is -0.332 e. The molecule has 4 rings (SSSR count). The summed E-state index contributed by atoms with van der Waals surface area (Å²) in [5, 5.41) is 4.55. The number of fused-ring (bicyclic) bond motifs is 1. The molecule has 6 heteroatoms. The van der Waals surface area contributed by atoms with Crippen molar-refractivity contribution in [3.8, 4) is 0 Å². The minimum absolute atomic E-state index is 0.0205. The molecule has 0 aromatic carbocycles. The van der Waals surface area contributed by atoms with Crippen LogP contribution in [-0.2, 0) is 6.54 Å². The van der Waals surface area contributed by atoms with E-state index in [0.717, 1.165) is 48.7 Å². The molecule has 0 unspecified atom stereocenters. The number of aromatic nitrogens is 4. The number of carbonyl (C=O) groups is 1. The first kappa shape index (κ1) is 15.9. The summed E-state index contributed by atoms with van der Waals surface area (Å²) in [6.07, 6.45) is 3.89. The number of hydrogen-bond acceptors (Lipinski definition) is 3. The molecule has 130 valence electrons. The van der Waals surface area contributed by atoms with Crippen molar-refractivity contribution in [1.82, 2.24) is 24.1 Å². The Morgan fingerprint density at radius 2 is 2.08 bits per heavy atom. The predicted molar refractivity (Wildman–Crippen MR) is 95.7 cm³/mol. The lowest BCUT2D eigenvalue weighted by Gasteiger charge is -2.24. The fourth-order valence-electron chi connectivity index (χ4n) is 3.75. The molecule has 0 aliphatic carbocycles. The number of pyridine rings is 1. The van der Waals surface area contributed by atoms with E-state index in [2.05, 4.69) is 23.1 Å². The molecule has 1 saturated heterocycles. The Kier molecular flexibility index (Phi) is 3.82. The van der Waals surface area contributed by atoms with Crippen LogP contribution in [0.2, 0.25) is 0 Å². The smallest absolute Gasteiger partial charge is 0.274 e. The van der Waals surface area contributed by atoms with Gasteiger partial charge in [-0.1, -0.05) is 6.07 Å². The average molecular weight is 337 g/mol. The summed E-state index contributed by atoms with van der Waals surface area (Å²) in [5.74, 6) is 0.0205. The highest BCUT2D eigenvalue weighted by molar-refractivity contribution is 5.93. The third kappa shape index (κ3) is 2.81. The Hall–Kier alpha value is -2.63. The minimum atomic E-state index is 0.0205. The van der Waals surface area contributed by atoms with Crippen LogP contribution in [0.1, 0.15) is 40.4 Å². The van der Waals surface area contributed by atoms with Gasteiger partial charge in [-0.05, 0) is 51.8 Å². The maximum Gasteiger partial charge on any atom is 0.274 e. The molecular weight excluding hydrogens is 314 g/mol. The number of carbonyl (C=O) groups excluding carboxylic acids is 1. The summed E-state index contributed by atoms with van der Waals surface area (Å²) in [5.41, 5.74) is 4.57. The molecule has 3 aromatic rings. The molecule has 1 aliphatic rings. The molecule has 4 heterocycles. The van der Waals surface area contributed by atoms with Gasteiger partial charge in [0, 0.05) is 24.1 Å². The second-order valence-electron chi connectivity index (χ2n) is 6.93. The molecule has 0 bridgehead atoms. The van der Waals surface area contributed by atoms with Gasteiger partial charge < -0.3 is 9.30 Å². The summed E-state index contributed by atoms with van der Waals surface area (Å²) in [6.45, 7) is 7.62. The van der Waals surface area contributed by atoms with E-state index in [1.165, 1.54) is 0 Å². The molecule has 3 aromatic heterocycles. The van der Waals surface area contributed by atoms with Crippen LogP contribution in [0.3, 0.4) is 0 Å². The van der Waals surface area contributed by atoms with Crippen molar-refractivity contribution in [3.63, 3.8) is 0 Å². The molecule has 1 aliphatic heterocycles. The lowest BCUT2D eigenvalue weighted by Crippen LogP contribution is -2.38. The van der Waals surface area contributed by atoms with Crippen LogP contribution >= 0.6 is 0 Å². The molecule has 0 saturated carbocycles. The van der Waals surface area contributed by atoms with E-state index < -0.39 is 0 Å². The molecule has 1 fully saturated rings. The van der Waals surface area contributed by atoms with Crippen molar-refractivity contribution in [2.24, 2.45) is 0 Å². The SMILES string of the molecule is Cc1cc(C)n(C[C@H]2CCCN2C(=O)c2cn3c(C)cccc3n2)n1. The molecule has 0 radical (unpaired) electrons. The predicted octanol–water partition coefficient (Wildman–Crippen LogP) is 2.76. The van der Waals surface area contributed by atoms with Crippen molar-refractivity contribution in [3.05, 3.63) is 53.2 Å². The zero-order valence-corrected chi connectivity index (χ0v) is 14.9. The lowest BCUT2D eigenvalue weighted by molar-refractivity contribution is 0.0716. The van der Waals surface area contributed by atoms with Crippen LogP contribution in [0.25, 0.3) is 5.65 Å². The summed E-state index contributed by atoms with van der Waals surface area (Å²) in [7, 11) is 0. The Morgan fingerprint density at radius 1 is 1.24 bits per heavy atom. The maximum atomic E-state index is 13.0. The summed E-state index contributed by atoms with van der Waals surface area (Å²) >= 11 is 0. The number of aryl methyl sites for hydroxylation is 3. The van der Waals surface area contributed by atoms with Crippen molar-refractivity contribution < 1.29 is 4.79 Å². The normalized spacial score (nSPS) is 17.6. The summed E-state index contributed by atoms with van der Waals surface area (Å²) in [6, 6.07) is 8.17. The second kappa shape index (κ2) is 6.02. The maximum absolute atomic E-state index is 13.0. The number of amides is 1. The monoisotopic (exact) mass is 337 g/mol. The van der Waals surface area contributed by atoms with E-state index in [4.69, 9.17) is 0 Å². The van der Waals surface area contributed by atoms with Crippen molar-refractivity contribution in [1.29, 1.82) is 0 Å². The Balaban J connectivity index is 1.59. The standard InChI is InChI=1S/C19H23N5O/c1-13-10-15(3)24(21-13)11-16-7-5-9-22(16)19(25)17-12-23-14(2)6-4-8-18(23)20-17/h4,6,8,10,12,16H,5,7,9,11H2,1-3H3/t16-/m1/s1. The van der Waals surface area contributed by atoms with E-state index in [-0.39, 0.29) is 11.9 Å². The number of rotatable bonds is 3. The molecule has 25 heavy (non-hydrogen) atoms. The fourth-order valence-corrected chi connectivity index (χ4v) is 3.75. The number of imidazole rings is 1. The van der Waals surface area contributed by atoms with Gasteiger partial charge in [0.2, 0.25) is 0 Å². The van der Waals surface area contributed by atoms with E-state index in [1.807, 2.05) is 52.2 Å². The van der Waals surface area contributed by atoms with Gasteiger partial charge in [0.05, 0.1) is 18.3 Å². The third-order valence-electron chi connectivity index (χ3n) is 5.04. The van der Waals surface area contributed by atoms with Gasteiger partial charge in [-0.25, -0.2) is 4.98 Å². The molecule has 0 spiro atoms. The second-order valence-corrected chi connectivity index (χ2v) is 6.93. The average Bonchev–Trinajstić information content (AvgIpc) is 3.27. The molecule has 1 atom stereocenters. The van der Waals surface area contributed by atoms with Crippen LogP contribution in [-0.4, -0.2) is 42.6 Å².